The van der Waals surface area contributed by atoms with Crippen LogP contribution in [0.15, 0.2) is 36.4 Å². The molecule has 0 amide bonds. The van der Waals surface area contributed by atoms with Gasteiger partial charge in [-0.2, -0.15) is 0 Å². The van der Waals surface area contributed by atoms with Gasteiger partial charge in [-0.3, -0.25) is 4.72 Å². The zero-order valence-electron chi connectivity index (χ0n) is 8.19. The zero-order valence-corrected chi connectivity index (χ0v) is 9.01. The summed E-state index contributed by atoms with van der Waals surface area (Å²) in [6.45, 7) is 0. The van der Waals surface area contributed by atoms with E-state index < -0.39 is 10.0 Å². The van der Waals surface area contributed by atoms with Crippen LogP contribution in [0.3, 0.4) is 0 Å². The Hall–Kier alpha value is -1.55. The average molecular weight is 220 g/mol. The summed E-state index contributed by atoms with van der Waals surface area (Å²) in [7, 11) is -3.23. The van der Waals surface area contributed by atoms with Crippen LogP contribution in [-0.2, 0) is 10.0 Å². The summed E-state index contributed by atoms with van der Waals surface area (Å²) in [5.41, 5.74) is 0.590. The Labute approximate surface area is 88.8 Å². The summed E-state index contributed by atoms with van der Waals surface area (Å²) in [4.78, 5) is 0. The molecule has 0 aromatic heterocycles. The van der Waals surface area contributed by atoms with Crippen molar-refractivity contribution in [2.24, 2.45) is 0 Å². The SMILES string of the molecule is CS(=O)(=O)Nc1cc[c]c2ccccc12. The largest absolute Gasteiger partial charge is 0.283 e. The van der Waals surface area contributed by atoms with Gasteiger partial charge in [-0.25, -0.2) is 8.42 Å². The lowest BCUT2D eigenvalue weighted by molar-refractivity contribution is 0.607. The van der Waals surface area contributed by atoms with E-state index in [1.54, 1.807) is 12.1 Å². The van der Waals surface area contributed by atoms with E-state index in [1.807, 2.05) is 24.3 Å². The van der Waals surface area contributed by atoms with Gasteiger partial charge < -0.3 is 0 Å². The second-order valence-electron chi connectivity index (χ2n) is 3.31. The van der Waals surface area contributed by atoms with E-state index in [2.05, 4.69) is 10.8 Å². The molecule has 2 aromatic rings. The molecule has 0 fully saturated rings. The van der Waals surface area contributed by atoms with Crippen LogP contribution in [0.25, 0.3) is 10.8 Å². The van der Waals surface area contributed by atoms with Crippen LogP contribution >= 0.6 is 0 Å². The van der Waals surface area contributed by atoms with E-state index in [0.29, 0.717) is 5.69 Å². The molecule has 0 saturated carbocycles. The van der Waals surface area contributed by atoms with Crippen molar-refractivity contribution in [2.45, 2.75) is 0 Å². The van der Waals surface area contributed by atoms with Crippen molar-refractivity contribution in [3.05, 3.63) is 42.5 Å². The standard InChI is InChI=1S/C11H10NO2S/c1-15(13,14)12-11-8-4-6-9-5-2-3-7-10(9)11/h2-5,7-8,12H,1H3. The second-order valence-corrected chi connectivity index (χ2v) is 5.06. The summed E-state index contributed by atoms with van der Waals surface area (Å²) in [5.74, 6) is 0. The van der Waals surface area contributed by atoms with Gasteiger partial charge in [-0.1, -0.05) is 30.3 Å². The molecule has 0 atom stereocenters. The van der Waals surface area contributed by atoms with Crippen LogP contribution < -0.4 is 4.72 Å². The van der Waals surface area contributed by atoms with Crippen molar-refractivity contribution < 1.29 is 8.42 Å². The number of hydrogen-bond acceptors (Lipinski definition) is 2. The quantitative estimate of drug-likeness (QED) is 0.841. The molecule has 3 nitrogen and oxygen atoms in total. The van der Waals surface area contributed by atoms with Crippen LogP contribution in [-0.4, -0.2) is 14.7 Å². The van der Waals surface area contributed by atoms with E-state index in [0.717, 1.165) is 17.0 Å². The molecule has 0 spiro atoms. The van der Waals surface area contributed by atoms with Crippen molar-refractivity contribution in [1.29, 1.82) is 0 Å². The van der Waals surface area contributed by atoms with Gasteiger partial charge in [0.15, 0.2) is 0 Å². The third-order valence-corrected chi connectivity index (χ3v) is 2.59. The summed E-state index contributed by atoms with van der Waals surface area (Å²) in [5, 5.41) is 1.75. The predicted octanol–water partition coefficient (Wildman–Crippen LogP) is 2.01. The Morgan fingerprint density at radius 3 is 2.67 bits per heavy atom. The van der Waals surface area contributed by atoms with Crippen molar-refractivity contribution in [1.82, 2.24) is 0 Å². The Morgan fingerprint density at radius 1 is 1.20 bits per heavy atom. The molecule has 1 radical (unpaired) electrons. The number of nitrogens with one attached hydrogen (secondary N) is 1. The highest BCUT2D eigenvalue weighted by atomic mass is 32.2. The van der Waals surface area contributed by atoms with Crippen molar-refractivity contribution in [3.63, 3.8) is 0 Å². The normalized spacial score (nSPS) is 11.5. The fourth-order valence-corrected chi connectivity index (χ4v) is 2.01. The molecule has 1 N–H and O–H groups in total. The van der Waals surface area contributed by atoms with Gasteiger partial charge in [0, 0.05) is 5.39 Å². The highest BCUT2D eigenvalue weighted by Gasteiger charge is 2.04. The summed E-state index contributed by atoms with van der Waals surface area (Å²) >= 11 is 0. The summed E-state index contributed by atoms with van der Waals surface area (Å²) in [6.07, 6.45) is 1.14. The van der Waals surface area contributed by atoms with E-state index >= 15 is 0 Å². The lowest BCUT2D eigenvalue weighted by atomic mass is 10.1. The maximum Gasteiger partial charge on any atom is 0.229 e. The first kappa shape index (κ1) is 9.98. The third-order valence-electron chi connectivity index (χ3n) is 2.00. The van der Waals surface area contributed by atoms with Gasteiger partial charge >= 0.3 is 0 Å². The molecule has 15 heavy (non-hydrogen) atoms. The highest BCUT2D eigenvalue weighted by Crippen LogP contribution is 2.22. The number of rotatable bonds is 2. The van der Waals surface area contributed by atoms with Crippen LogP contribution in [0.4, 0.5) is 5.69 Å². The van der Waals surface area contributed by atoms with E-state index in [1.165, 1.54) is 0 Å². The predicted molar refractivity (Wildman–Crippen MR) is 61.3 cm³/mol. The molecular weight excluding hydrogens is 210 g/mol. The van der Waals surface area contributed by atoms with Gasteiger partial charge in [0.25, 0.3) is 0 Å². The number of sulfonamides is 1. The van der Waals surface area contributed by atoms with Crippen LogP contribution in [0.5, 0.6) is 0 Å². The topological polar surface area (TPSA) is 46.2 Å². The molecular formula is C11H10NO2S. The Kier molecular flexibility index (Phi) is 2.36. The van der Waals surface area contributed by atoms with Crippen molar-refractivity contribution >= 4 is 26.5 Å². The molecule has 0 saturated heterocycles. The lowest BCUT2D eigenvalue weighted by Gasteiger charge is -2.06. The summed E-state index contributed by atoms with van der Waals surface area (Å²) in [6, 6.07) is 14.0. The maximum absolute atomic E-state index is 11.1. The molecule has 0 bridgehead atoms. The molecule has 77 valence electrons. The monoisotopic (exact) mass is 220 g/mol. The smallest absolute Gasteiger partial charge is 0.229 e. The first-order valence-electron chi connectivity index (χ1n) is 4.43. The number of hydrogen-bond donors (Lipinski definition) is 1. The van der Waals surface area contributed by atoms with Crippen molar-refractivity contribution in [3.8, 4) is 0 Å². The maximum atomic E-state index is 11.1. The van der Waals surface area contributed by atoms with Gasteiger partial charge in [-0.15, -0.1) is 0 Å². The van der Waals surface area contributed by atoms with Crippen LogP contribution in [0.1, 0.15) is 0 Å². The molecule has 0 aliphatic rings. The Morgan fingerprint density at radius 2 is 1.93 bits per heavy atom. The fourth-order valence-electron chi connectivity index (χ4n) is 1.44. The van der Waals surface area contributed by atoms with Gasteiger partial charge in [-0.05, 0) is 17.5 Å². The van der Waals surface area contributed by atoms with Crippen LogP contribution in [0.2, 0.25) is 0 Å². The molecule has 0 aliphatic heterocycles. The molecule has 4 heteroatoms. The van der Waals surface area contributed by atoms with E-state index in [9.17, 15) is 8.42 Å². The molecule has 0 heterocycles. The van der Waals surface area contributed by atoms with Gasteiger partial charge in [0.05, 0.1) is 11.9 Å². The van der Waals surface area contributed by atoms with Crippen LogP contribution in [0, 0.1) is 6.07 Å². The van der Waals surface area contributed by atoms with Crippen molar-refractivity contribution in [2.75, 3.05) is 11.0 Å². The van der Waals surface area contributed by atoms with Gasteiger partial charge in [0.1, 0.15) is 0 Å². The van der Waals surface area contributed by atoms with Gasteiger partial charge in [0.2, 0.25) is 10.0 Å². The molecule has 0 unspecified atom stereocenters. The molecule has 0 aliphatic carbocycles. The summed E-state index contributed by atoms with van der Waals surface area (Å²) < 4.78 is 24.7. The number of benzene rings is 2. The fraction of sp³-hybridized carbons (Fsp3) is 0.0909. The molecule has 2 aromatic carbocycles. The van der Waals surface area contributed by atoms with E-state index in [-0.39, 0.29) is 0 Å². The minimum atomic E-state index is -3.23. The highest BCUT2D eigenvalue weighted by molar-refractivity contribution is 7.92. The molecule has 2 rings (SSSR count). The lowest BCUT2D eigenvalue weighted by Crippen LogP contribution is -2.09. The average Bonchev–Trinajstić information content (AvgIpc) is 2.16. The number of fused-ring (bicyclic) bond motifs is 1. The first-order chi connectivity index (χ1) is 7.06. The van der Waals surface area contributed by atoms with E-state index in [4.69, 9.17) is 0 Å². The first-order valence-corrected chi connectivity index (χ1v) is 6.33. The third kappa shape index (κ3) is 2.27. The number of anilines is 1. The zero-order chi connectivity index (χ0) is 10.9. The minimum absolute atomic E-state index is 0.590. The Bertz CT molecular complexity index is 585. The Balaban J connectivity index is 2.61. The minimum Gasteiger partial charge on any atom is -0.283 e. The second kappa shape index (κ2) is 3.55.